The predicted molar refractivity (Wildman–Crippen MR) is 73.4 cm³/mol. The van der Waals surface area contributed by atoms with Gasteiger partial charge in [-0.3, -0.25) is 0 Å². The molecule has 3 nitrogen and oxygen atoms in total. The minimum Gasteiger partial charge on any atom is -0.458 e. The molecule has 0 saturated carbocycles. The largest absolute Gasteiger partial charge is 0.458 e. The standard InChI is InChI=1S/C15H19NO2/c1-3-4-9-17-11-15-13(10-16-2)12-7-5-6-8-14(12)18-15/h3-8,16H,9-11H2,1-2H3/b4-3+. The Morgan fingerprint density at radius 1 is 1.33 bits per heavy atom. The lowest BCUT2D eigenvalue weighted by atomic mass is 10.1. The minimum atomic E-state index is 0.510. The fourth-order valence-electron chi connectivity index (χ4n) is 1.95. The summed E-state index contributed by atoms with van der Waals surface area (Å²) in [5.41, 5.74) is 2.11. The summed E-state index contributed by atoms with van der Waals surface area (Å²) in [4.78, 5) is 0. The first-order chi connectivity index (χ1) is 8.86. The summed E-state index contributed by atoms with van der Waals surface area (Å²) in [5.74, 6) is 0.912. The molecule has 0 aliphatic rings. The molecule has 0 bridgehead atoms. The van der Waals surface area contributed by atoms with E-state index < -0.39 is 0 Å². The Hall–Kier alpha value is -1.58. The van der Waals surface area contributed by atoms with E-state index in [1.807, 2.05) is 44.3 Å². The van der Waals surface area contributed by atoms with Gasteiger partial charge in [0.05, 0.1) is 6.61 Å². The molecule has 18 heavy (non-hydrogen) atoms. The Kier molecular flexibility index (Phi) is 4.56. The van der Waals surface area contributed by atoms with Crippen molar-refractivity contribution in [3.8, 4) is 0 Å². The minimum absolute atomic E-state index is 0.510. The number of furan rings is 1. The third kappa shape index (κ3) is 2.81. The van der Waals surface area contributed by atoms with E-state index in [9.17, 15) is 0 Å². The van der Waals surface area contributed by atoms with Crippen molar-refractivity contribution in [3.63, 3.8) is 0 Å². The Balaban J connectivity index is 2.22. The molecule has 0 spiro atoms. The molecule has 0 amide bonds. The van der Waals surface area contributed by atoms with Crippen molar-refractivity contribution in [1.29, 1.82) is 0 Å². The van der Waals surface area contributed by atoms with Crippen molar-refractivity contribution in [2.75, 3.05) is 13.7 Å². The summed E-state index contributed by atoms with van der Waals surface area (Å²) >= 11 is 0. The van der Waals surface area contributed by atoms with Crippen LogP contribution in [0.3, 0.4) is 0 Å². The highest BCUT2D eigenvalue weighted by molar-refractivity contribution is 5.82. The Morgan fingerprint density at radius 3 is 2.94 bits per heavy atom. The van der Waals surface area contributed by atoms with Gasteiger partial charge in [-0.1, -0.05) is 30.4 Å². The lowest BCUT2D eigenvalue weighted by molar-refractivity contribution is 0.132. The number of fused-ring (bicyclic) bond motifs is 1. The fraction of sp³-hybridized carbons (Fsp3) is 0.333. The summed E-state index contributed by atoms with van der Waals surface area (Å²) in [6, 6.07) is 8.09. The summed E-state index contributed by atoms with van der Waals surface area (Å²) in [5, 5.41) is 4.34. The molecule has 0 unspecified atom stereocenters. The molecule has 96 valence electrons. The van der Waals surface area contributed by atoms with Gasteiger partial charge >= 0.3 is 0 Å². The van der Waals surface area contributed by atoms with Crippen molar-refractivity contribution >= 4 is 11.0 Å². The maximum absolute atomic E-state index is 5.84. The highest BCUT2D eigenvalue weighted by Crippen LogP contribution is 2.26. The van der Waals surface area contributed by atoms with Crippen LogP contribution in [0.15, 0.2) is 40.8 Å². The maximum Gasteiger partial charge on any atom is 0.135 e. The summed E-state index contributed by atoms with van der Waals surface area (Å²) in [7, 11) is 1.94. The van der Waals surface area contributed by atoms with Crippen LogP contribution >= 0.6 is 0 Å². The Labute approximate surface area is 107 Å². The zero-order chi connectivity index (χ0) is 12.8. The van der Waals surface area contributed by atoms with Gasteiger partial charge in [0, 0.05) is 17.5 Å². The SMILES string of the molecule is C/C=C/COCc1oc2ccccc2c1CNC. The molecule has 1 N–H and O–H groups in total. The van der Waals surface area contributed by atoms with E-state index in [0.29, 0.717) is 13.2 Å². The summed E-state index contributed by atoms with van der Waals surface area (Å²) in [6.45, 7) is 3.90. The smallest absolute Gasteiger partial charge is 0.135 e. The van der Waals surface area contributed by atoms with Crippen molar-refractivity contribution in [2.24, 2.45) is 0 Å². The molecule has 0 saturated heterocycles. The highest BCUT2D eigenvalue weighted by atomic mass is 16.5. The number of hydrogen-bond acceptors (Lipinski definition) is 3. The molecule has 1 aromatic carbocycles. The normalized spacial score (nSPS) is 11.7. The van der Waals surface area contributed by atoms with E-state index in [1.165, 1.54) is 5.56 Å². The number of nitrogens with one attached hydrogen (secondary N) is 1. The number of benzene rings is 1. The summed E-state index contributed by atoms with van der Waals surface area (Å²) in [6.07, 6.45) is 3.97. The van der Waals surface area contributed by atoms with Gasteiger partial charge in [-0.25, -0.2) is 0 Å². The second-order valence-corrected chi connectivity index (χ2v) is 4.11. The van der Waals surface area contributed by atoms with Gasteiger partial charge in [0.1, 0.15) is 18.0 Å². The van der Waals surface area contributed by atoms with E-state index >= 15 is 0 Å². The fourth-order valence-corrected chi connectivity index (χ4v) is 1.95. The first kappa shape index (κ1) is 12.9. The van der Waals surface area contributed by atoms with Gasteiger partial charge in [0.15, 0.2) is 0 Å². The molecule has 2 aromatic rings. The van der Waals surface area contributed by atoms with Crippen LogP contribution < -0.4 is 5.32 Å². The maximum atomic E-state index is 5.84. The molecule has 0 fully saturated rings. The second-order valence-electron chi connectivity index (χ2n) is 4.11. The van der Waals surface area contributed by atoms with E-state index in [2.05, 4.69) is 11.4 Å². The van der Waals surface area contributed by atoms with Crippen LogP contribution in [0.4, 0.5) is 0 Å². The zero-order valence-electron chi connectivity index (χ0n) is 10.9. The number of rotatable bonds is 6. The Bertz CT molecular complexity index is 528. The molecular weight excluding hydrogens is 226 g/mol. The predicted octanol–water partition coefficient (Wildman–Crippen LogP) is 3.24. The van der Waals surface area contributed by atoms with E-state index in [0.717, 1.165) is 23.3 Å². The van der Waals surface area contributed by atoms with Gasteiger partial charge < -0.3 is 14.5 Å². The molecule has 0 atom stereocenters. The van der Waals surface area contributed by atoms with E-state index in [1.54, 1.807) is 0 Å². The van der Waals surface area contributed by atoms with E-state index in [4.69, 9.17) is 9.15 Å². The molecule has 3 heteroatoms. The van der Waals surface area contributed by atoms with Crippen LogP contribution in [0.5, 0.6) is 0 Å². The van der Waals surface area contributed by atoms with Crippen molar-refractivity contribution in [2.45, 2.75) is 20.1 Å². The quantitative estimate of drug-likeness (QED) is 0.626. The number of para-hydroxylation sites is 1. The lowest BCUT2D eigenvalue weighted by Crippen LogP contribution is -2.07. The molecule has 0 radical (unpaired) electrons. The summed E-state index contributed by atoms with van der Waals surface area (Å²) < 4.78 is 11.4. The number of allylic oxidation sites excluding steroid dienone is 1. The first-order valence-corrected chi connectivity index (χ1v) is 6.19. The first-order valence-electron chi connectivity index (χ1n) is 6.19. The number of hydrogen-bond donors (Lipinski definition) is 1. The van der Waals surface area contributed by atoms with Gasteiger partial charge in [-0.2, -0.15) is 0 Å². The molecule has 1 heterocycles. The second kappa shape index (κ2) is 6.38. The van der Waals surface area contributed by atoms with Crippen LogP contribution in [0.25, 0.3) is 11.0 Å². The third-order valence-corrected chi connectivity index (χ3v) is 2.82. The topological polar surface area (TPSA) is 34.4 Å². The van der Waals surface area contributed by atoms with Gasteiger partial charge in [-0.15, -0.1) is 0 Å². The lowest BCUT2D eigenvalue weighted by Gasteiger charge is -2.02. The van der Waals surface area contributed by atoms with Crippen molar-refractivity contribution < 1.29 is 9.15 Å². The average Bonchev–Trinajstić information content (AvgIpc) is 2.74. The van der Waals surface area contributed by atoms with Gasteiger partial charge in [0.25, 0.3) is 0 Å². The highest BCUT2D eigenvalue weighted by Gasteiger charge is 2.12. The molecule has 2 rings (SSSR count). The average molecular weight is 245 g/mol. The van der Waals surface area contributed by atoms with Crippen molar-refractivity contribution in [3.05, 3.63) is 47.7 Å². The zero-order valence-corrected chi connectivity index (χ0v) is 10.9. The van der Waals surface area contributed by atoms with Crippen LogP contribution in [-0.4, -0.2) is 13.7 Å². The van der Waals surface area contributed by atoms with Crippen LogP contribution in [0.2, 0.25) is 0 Å². The molecular formula is C15H19NO2. The van der Waals surface area contributed by atoms with Gasteiger partial charge in [-0.05, 0) is 20.0 Å². The molecule has 1 aromatic heterocycles. The van der Waals surface area contributed by atoms with Crippen LogP contribution in [0.1, 0.15) is 18.2 Å². The van der Waals surface area contributed by atoms with Crippen molar-refractivity contribution in [1.82, 2.24) is 5.32 Å². The van der Waals surface area contributed by atoms with Gasteiger partial charge in [0.2, 0.25) is 0 Å². The Morgan fingerprint density at radius 2 is 2.17 bits per heavy atom. The molecule has 0 aliphatic carbocycles. The van der Waals surface area contributed by atoms with Crippen LogP contribution in [0, 0.1) is 0 Å². The molecule has 0 aliphatic heterocycles. The third-order valence-electron chi connectivity index (χ3n) is 2.82. The van der Waals surface area contributed by atoms with E-state index in [-0.39, 0.29) is 0 Å². The number of ether oxygens (including phenoxy) is 1. The van der Waals surface area contributed by atoms with Crippen LogP contribution in [-0.2, 0) is 17.9 Å². The monoisotopic (exact) mass is 245 g/mol.